The number of aliphatic hydroxyl groups is 3. The van der Waals surface area contributed by atoms with Crippen LogP contribution in [0.3, 0.4) is 0 Å². The first-order chi connectivity index (χ1) is 19.6. The lowest BCUT2D eigenvalue weighted by atomic mass is 10.0. The topological polar surface area (TPSA) is 304 Å². The van der Waals surface area contributed by atoms with E-state index in [-0.39, 0.29) is 25.0 Å². The molecule has 17 heteroatoms. The van der Waals surface area contributed by atoms with Crippen LogP contribution in [0.2, 0.25) is 0 Å². The molecule has 13 N–H and O–H groups in total. The smallest absolute Gasteiger partial charge is 0.328 e. The van der Waals surface area contributed by atoms with Gasteiger partial charge >= 0.3 is 5.97 Å². The lowest BCUT2D eigenvalue weighted by Crippen LogP contribution is -2.62. The number of primary amides is 1. The van der Waals surface area contributed by atoms with E-state index < -0.39 is 84.5 Å². The number of carbonyl (C=O) groups is 6. The third kappa shape index (κ3) is 11.7. The number of amides is 5. The van der Waals surface area contributed by atoms with Crippen molar-refractivity contribution in [3.8, 4) is 5.75 Å². The molecule has 0 saturated heterocycles. The highest BCUT2D eigenvalue weighted by molar-refractivity contribution is 5.96. The second-order valence-corrected chi connectivity index (χ2v) is 9.58. The van der Waals surface area contributed by atoms with Gasteiger partial charge < -0.3 is 58.3 Å². The fourth-order valence-electron chi connectivity index (χ4n) is 3.54. The predicted molar refractivity (Wildman–Crippen MR) is 144 cm³/mol. The molecule has 7 atom stereocenters. The van der Waals surface area contributed by atoms with E-state index in [2.05, 4.69) is 16.0 Å². The zero-order valence-electron chi connectivity index (χ0n) is 23.0. The molecule has 0 unspecified atom stereocenters. The number of phenols is 1. The molecule has 0 aromatic heterocycles. The number of aliphatic carboxylic acids is 1. The minimum Gasteiger partial charge on any atom is -0.508 e. The molecule has 17 nitrogen and oxygen atoms in total. The molecule has 0 radical (unpaired) electrons. The molecule has 234 valence electrons. The third-order valence-electron chi connectivity index (χ3n) is 5.97. The van der Waals surface area contributed by atoms with E-state index in [0.717, 1.165) is 6.92 Å². The van der Waals surface area contributed by atoms with Crippen LogP contribution in [-0.4, -0.2) is 110 Å². The molecular formula is C25H38N6O11. The van der Waals surface area contributed by atoms with Gasteiger partial charge in [0.1, 0.15) is 29.9 Å². The summed E-state index contributed by atoms with van der Waals surface area (Å²) in [6, 6.07) is -2.32. The SMILES string of the molecule is C[C@@H](O)[C@H](NC(=O)[C@H](Cc1ccc(O)cc1)NC(=O)[C@@H](NC(=O)[C@@H](N)CCC(N)=O)[C@@H](C)O)C(=O)N[C@@H](CO)C(=O)O. The number of nitrogens with one attached hydrogen (secondary N) is 4. The van der Waals surface area contributed by atoms with Gasteiger partial charge in [-0.05, 0) is 38.0 Å². The van der Waals surface area contributed by atoms with Crippen LogP contribution in [0.4, 0.5) is 0 Å². The largest absolute Gasteiger partial charge is 0.508 e. The van der Waals surface area contributed by atoms with Crippen molar-refractivity contribution in [1.82, 2.24) is 21.3 Å². The molecule has 0 bridgehead atoms. The van der Waals surface area contributed by atoms with Crippen molar-refractivity contribution in [3.05, 3.63) is 29.8 Å². The standard InChI is InChI=1S/C25H38N6O11/c1-11(33)19(30-21(37)15(26)7-8-18(27)36)23(39)28-16(9-13-3-5-14(35)6-4-13)22(38)31-20(12(2)34)24(40)29-17(10-32)25(41)42/h3-6,11-12,15-17,19-20,32-35H,7-10,26H2,1-2H3,(H2,27,36)(H,28,39)(H,29,40)(H,30,37)(H,31,38)(H,41,42)/t11-,12-,15+,16+,17+,19+,20+/m1/s1. The van der Waals surface area contributed by atoms with Crippen molar-refractivity contribution in [2.45, 2.75) is 75.5 Å². The summed E-state index contributed by atoms with van der Waals surface area (Å²) in [6.07, 6.45) is -3.63. The summed E-state index contributed by atoms with van der Waals surface area (Å²) in [7, 11) is 0. The Hall–Kier alpha value is -4.32. The summed E-state index contributed by atoms with van der Waals surface area (Å²) in [5.41, 5.74) is 11.2. The maximum Gasteiger partial charge on any atom is 0.328 e. The monoisotopic (exact) mass is 598 g/mol. The molecule has 0 heterocycles. The number of hydrogen-bond acceptors (Lipinski definition) is 11. The van der Waals surface area contributed by atoms with Crippen LogP contribution in [-0.2, 0) is 35.2 Å². The number of hydrogen-bond donors (Lipinski definition) is 11. The third-order valence-corrected chi connectivity index (χ3v) is 5.97. The summed E-state index contributed by atoms with van der Waals surface area (Å²) < 4.78 is 0. The second-order valence-electron chi connectivity index (χ2n) is 9.58. The first-order valence-corrected chi connectivity index (χ1v) is 12.8. The van der Waals surface area contributed by atoms with Crippen molar-refractivity contribution in [2.75, 3.05) is 6.61 Å². The Balaban J connectivity index is 3.21. The number of carboxylic acids is 1. The molecule has 5 amide bonds. The highest BCUT2D eigenvalue weighted by atomic mass is 16.4. The Morgan fingerprint density at radius 2 is 1.26 bits per heavy atom. The number of aromatic hydroxyl groups is 1. The van der Waals surface area contributed by atoms with Crippen molar-refractivity contribution < 1.29 is 54.3 Å². The molecule has 0 aliphatic rings. The van der Waals surface area contributed by atoms with Gasteiger partial charge in [0.25, 0.3) is 0 Å². The Morgan fingerprint density at radius 3 is 1.69 bits per heavy atom. The van der Waals surface area contributed by atoms with Crippen LogP contribution in [0.1, 0.15) is 32.3 Å². The van der Waals surface area contributed by atoms with Crippen LogP contribution >= 0.6 is 0 Å². The van der Waals surface area contributed by atoms with Gasteiger partial charge in [-0.2, -0.15) is 0 Å². The van der Waals surface area contributed by atoms with Crippen molar-refractivity contribution in [2.24, 2.45) is 11.5 Å². The number of carboxylic acid groups (broad SMARTS) is 1. The van der Waals surface area contributed by atoms with Gasteiger partial charge in [0.15, 0.2) is 0 Å². The van der Waals surface area contributed by atoms with Crippen LogP contribution < -0.4 is 32.7 Å². The first kappa shape index (κ1) is 35.7. The van der Waals surface area contributed by atoms with E-state index in [1.807, 2.05) is 5.32 Å². The maximum atomic E-state index is 13.3. The van der Waals surface area contributed by atoms with Crippen molar-refractivity contribution in [1.29, 1.82) is 0 Å². The number of rotatable bonds is 17. The van der Waals surface area contributed by atoms with Gasteiger partial charge in [-0.15, -0.1) is 0 Å². The van der Waals surface area contributed by atoms with E-state index in [1.165, 1.54) is 31.2 Å². The van der Waals surface area contributed by atoms with Crippen molar-refractivity contribution in [3.63, 3.8) is 0 Å². The van der Waals surface area contributed by atoms with Crippen LogP contribution in [0.25, 0.3) is 0 Å². The van der Waals surface area contributed by atoms with Gasteiger partial charge in [0.2, 0.25) is 29.5 Å². The van der Waals surface area contributed by atoms with Crippen LogP contribution in [0.15, 0.2) is 24.3 Å². The molecule has 1 rings (SSSR count). The summed E-state index contributed by atoms with van der Waals surface area (Å²) in [4.78, 5) is 73.6. The zero-order valence-corrected chi connectivity index (χ0v) is 23.0. The summed E-state index contributed by atoms with van der Waals surface area (Å²) >= 11 is 0. The minimum atomic E-state index is -1.73. The first-order valence-electron chi connectivity index (χ1n) is 12.8. The Labute approximate surface area is 240 Å². The minimum absolute atomic E-state index is 0.0870. The van der Waals surface area contributed by atoms with Gasteiger partial charge in [0.05, 0.1) is 24.9 Å². The number of nitrogens with two attached hydrogens (primary N) is 2. The molecular weight excluding hydrogens is 560 g/mol. The molecule has 0 fully saturated rings. The Kier molecular flexibility index (Phi) is 14.3. The van der Waals surface area contributed by atoms with Crippen molar-refractivity contribution >= 4 is 35.5 Å². The maximum absolute atomic E-state index is 13.3. The quantitative estimate of drug-likeness (QED) is 0.0806. The highest BCUT2D eigenvalue weighted by Crippen LogP contribution is 2.12. The fourth-order valence-corrected chi connectivity index (χ4v) is 3.54. The molecule has 0 aliphatic carbocycles. The lowest BCUT2D eigenvalue weighted by molar-refractivity contribution is -0.144. The summed E-state index contributed by atoms with van der Waals surface area (Å²) in [5, 5.41) is 56.9. The molecule has 0 saturated carbocycles. The number of phenolic OH excluding ortho intramolecular Hbond substituents is 1. The molecule has 1 aromatic carbocycles. The Morgan fingerprint density at radius 1 is 0.786 bits per heavy atom. The summed E-state index contributed by atoms with van der Waals surface area (Å²) in [5.74, 6) is -6.46. The second kappa shape index (κ2) is 16.8. The predicted octanol–water partition coefficient (Wildman–Crippen LogP) is -4.69. The zero-order chi connectivity index (χ0) is 32.1. The fraction of sp³-hybridized carbons (Fsp3) is 0.520. The molecule has 0 spiro atoms. The van der Waals surface area contributed by atoms with E-state index in [4.69, 9.17) is 16.6 Å². The number of benzene rings is 1. The molecule has 1 aromatic rings. The van der Waals surface area contributed by atoms with E-state index >= 15 is 0 Å². The van der Waals surface area contributed by atoms with Gasteiger partial charge in [-0.3, -0.25) is 24.0 Å². The van der Waals surface area contributed by atoms with Gasteiger partial charge in [0, 0.05) is 12.8 Å². The van der Waals surface area contributed by atoms with Gasteiger partial charge in [-0.25, -0.2) is 4.79 Å². The average Bonchev–Trinajstić information content (AvgIpc) is 2.91. The van der Waals surface area contributed by atoms with Crippen LogP contribution in [0.5, 0.6) is 5.75 Å². The van der Waals surface area contributed by atoms with E-state index in [1.54, 1.807) is 0 Å². The van der Waals surface area contributed by atoms with Gasteiger partial charge in [-0.1, -0.05) is 12.1 Å². The van der Waals surface area contributed by atoms with E-state index in [0.29, 0.717) is 5.56 Å². The Bertz CT molecular complexity index is 1110. The molecule has 0 aliphatic heterocycles. The highest BCUT2D eigenvalue weighted by Gasteiger charge is 2.34. The number of carbonyl (C=O) groups excluding carboxylic acids is 5. The lowest BCUT2D eigenvalue weighted by Gasteiger charge is -2.28. The normalized spacial score (nSPS) is 16.0. The van der Waals surface area contributed by atoms with Crippen LogP contribution in [0, 0.1) is 0 Å². The molecule has 42 heavy (non-hydrogen) atoms. The average molecular weight is 599 g/mol. The van der Waals surface area contributed by atoms with E-state index in [9.17, 15) is 49.2 Å². The number of aliphatic hydroxyl groups excluding tert-OH is 3. The summed E-state index contributed by atoms with van der Waals surface area (Å²) in [6.45, 7) is 1.34.